The molecule has 1 rings (SSSR count). The average molecular weight is 241 g/mol. The van der Waals surface area contributed by atoms with Crippen LogP contribution in [0.4, 0.5) is 0 Å². The van der Waals surface area contributed by atoms with Crippen molar-refractivity contribution in [1.29, 1.82) is 0 Å². The number of hydrogen-bond donors (Lipinski definition) is 2. The van der Waals surface area contributed by atoms with Crippen molar-refractivity contribution in [3.05, 3.63) is 0 Å². The Hall–Kier alpha value is -0.770. The zero-order valence-electron chi connectivity index (χ0n) is 11.6. The predicted molar refractivity (Wildman–Crippen MR) is 71.2 cm³/mol. The Morgan fingerprint density at radius 2 is 2.12 bits per heavy atom. The van der Waals surface area contributed by atoms with Crippen molar-refractivity contribution in [2.45, 2.75) is 53.0 Å². The van der Waals surface area contributed by atoms with Crippen LogP contribution in [0.3, 0.4) is 0 Å². The Bertz CT molecular complexity index is 276. The molecule has 0 aliphatic carbocycles. The third kappa shape index (κ3) is 3.60. The summed E-state index contributed by atoms with van der Waals surface area (Å²) in [5.74, 6) is 1.10. The van der Waals surface area contributed by atoms with E-state index in [4.69, 9.17) is 10.9 Å². The highest BCUT2D eigenvalue weighted by molar-refractivity contribution is 5.85. The third-order valence-corrected chi connectivity index (χ3v) is 4.33. The molecule has 0 radical (unpaired) electrons. The second kappa shape index (κ2) is 5.71. The molecule has 0 saturated carbocycles. The monoisotopic (exact) mass is 241 g/mol. The largest absolute Gasteiger partial charge is 0.409 e. The van der Waals surface area contributed by atoms with E-state index in [-0.39, 0.29) is 5.41 Å². The highest BCUT2D eigenvalue weighted by atomic mass is 16.4. The van der Waals surface area contributed by atoms with Gasteiger partial charge in [0.15, 0.2) is 0 Å². The number of piperidine rings is 1. The fourth-order valence-corrected chi connectivity index (χ4v) is 2.42. The van der Waals surface area contributed by atoms with E-state index in [1.54, 1.807) is 0 Å². The molecule has 17 heavy (non-hydrogen) atoms. The molecule has 2 atom stereocenters. The summed E-state index contributed by atoms with van der Waals surface area (Å²) in [6, 6.07) is 0.645. The lowest BCUT2D eigenvalue weighted by Gasteiger charge is -2.39. The molecule has 1 aliphatic rings. The minimum atomic E-state index is -0.227. The van der Waals surface area contributed by atoms with Crippen molar-refractivity contribution in [3.8, 4) is 0 Å². The van der Waals surface area contributed by atoms with E-state index in [9.17, 15) is 0 Å². The fourth-order valence-electron chi connectivity index (χ4n) is 2.42. The van der Waals surface area contributed by atoms with Crippen molar-refractivity contribution in [1.82, 2.24) is 4.90 Å². The molecule has 0 aromatic heterocycles. The van der Waals surface area contributed by atoms with Gasteiger partial charge in [-0.15, -0.1) is 0 Å². The summed E-state index contributed by atoms with van der Waals surface area (Å²) in [4.78, 5) is 2.53. The molecule has 0 spiro atoms. The molecule has 4 nitrogen and oxygen atoms in total. The van der Waals surface area contributed by atoms with Crippen LogP contribution in [0.1, 0.15) is 47.0 Å². The first-order chi connectivity index (χ1) is 7.88. The molecule has 1 saturated heterocycles. The first kappa shape index (κ1) is 14.3. The maximum Gasteiger partial charge on any atom is 0.144 e. The van der Waals surface area contributed by atoms with Gasteiger partial charge in [-0.25, -0.2) is 0 Å². The van der Waals surface area contributed by atoms with E-state index in [0.29, 0.717) is 11.9 Å². The Kier molecular flexibility index (Phi) is 4.80. The second-order valence-corrected chi connectivity index (χ2v) is 6.02. The molecule has 2 unspecified atom stereocenters. The van der Waals surface area contributed by atoms with Gasteiger partial charge < -0.3 is 15.8 Å². The summed E-state index contributed by atoms with van der Waals surface area (Å²) in [6.45, 7) is 10.9. The Labute approximate surface area is 105 Å². The van der Waals surface area contributed by atoms with Crippen LogP contribution >= 0.6 is 0 Å². The second-order valence-electron chi connectivity index (χ2n) is 6.02. The molecule has 4 heteroatoms. The summed E-state index contributed by atoms with van der Waals surface area (Å²) < 4.78 is 0. The van der Waals surface area contributed by atoms with Crippen LogP contribution in [0, 0.1) is 11.3 Å². The van der Waals surface area contributed by atoms with Crippen LogP contribution in [-0.4, -0.2) is 35.1 Å². The Balaban J connectivity index is 2.50. The molecule has 0 bridgehead atoms. The number of rotatable bonds is 4. The summed E-state index contributed by atoms with van der Waals surface area (Å²) in [5, 5.41) is 11.9. The normalized spacial score (nSPS) is 28.4. The first-order valence-electron chi connectivity index (χ1n) is 6.60. The lowest BCUT2D eigenvalue weighted by molar-refractivity contribution is 0.104. The van der Waals surface area contributed by atoms with Gasteiger partial charge >= 0.3 is 0 Å². The quantitative estimate of drug-likeness (QED) is 0.343. The van der Waals surface area contributed by atoms with Crippen molar-refractivity contribution < 1.29 is 5.21 Å². The minimum absolute atomic E-state index is 0.227. The van der Waals surface area contributed by atoms with Gasteiger partial charge in [0, 0.05) is 11.5 Å². The SMILES string of the molecule is CC1CCCN(CCC(C)(C)C(N)=NO)C1C. The van der Waals surface area contributed by atoms with Crippen molar-refractivity contribution in [2.75, 3.05) is 13.1 Å². The van der Waals surface area contributed by atoms with Crippen LogP contribution in [-0.2, 0) is 0 Å². The smallest absolute Gasteiger partial charge is 0.144 e. The van der Waals surface area contributed by atoms with Gasteiger partial charge in [-0.05, 0) is 45.2 Å². The number of likely N-dealkylation sites (tertiary alicyclic amines) is 1. The molecule has 1 aliphatic heterocycles. The summed E-state index contributed by atoms with van der Waals surface area (Å²) >= 11 is 0. The maximum atomic E-state index is 8.75. The number of amidine groups is 1. The molecule has 100 valence electrons. The summed E-state index contributed by atoms with van der Waals surface area (Å²) in [6.07, 6.45) is 3.55. The van der Waals surface area contributed by atoms with Crippen LogP contribution < -0.4 is 5.73 Å². The van der Waals surface area contributed by atoms with Gasteiger partial charge in [-0.2, -0.15) is 0 Å². The van der Waals surface area contributed by atoms with Gasteiger partial charge in [0.1, 0.15) is 5.84 Å². The average Bonchev–Trinajstić information content (AvgIpc) is 2.30. The van der Waals surface area contributed by atoms with Gasteiger partial charge in [0.25, 0.3) is 0 Å². The van der Waals surface area contributed by atoms with E-state index >= 15 is 0 Å². The van der Waals surface area contributed by atoms with Crippen molar-refractivity contribution in [2.24, 2.45) is 22.2 Å². The highest BCUT2D eigenvalue weighted by Gasteiger charge is 2.28. The molecule has 1 fully saturated rings. The number of nitrogens with two attached hydrogens (primary N) is 1. The number of oxime groups is 1. The fraction of sp³-hybridized carbons (Fsp3) is 0.923. The van der Waals surface area contributed by atoms with Crippen LogP contribution in [0.25, 0.3) is 0 Å². The van der Waals surface area contributed by atoms with Crippen LogP contribution in [0.2, 0.25) is 0 Å². The number of hydrogen-bond acceptors (Lipinski definition) is 3. The maximum absolute atomic E-state index is 8.75. The summed E-state index contributed by atoms with van der Waals surface area (Å²) in [7, 11) is 0. The van der Waals surface area contributed by atoms with Gasteiger partial charge in [-0.3, -0.25) is 0 Å². The molecule has 0 aromatic rings. The Morgan fingerprint density at radius 3 is 2.71 bits per heavy atom. The van der Waals surface area contributed by atoms with Gasteiger partial charge in [0.05, 0.1) is 0 Å². The first-order valence-corrected chi connectivity index (χ1v) is 6.60. The van der Waals surface area contributed by atoms with Gasteiger partial charge in [-0.1, -0.05) is 25.9 Å². The van der Waals surface area contributed by atoms with Crippen molar-refractivity contribution in [3.63, 3.8) is 0 Å². The van der Waals surface area contributed by atoms with E-state index in [0.717, 1.165) is 18.9 Å². The molecular weight excluding hydrogens is 214 g/mol. The van der Waals surface area contributed by atoms with Crippen molar-refractivity contribution >= 4 is 5.84 Å². The zero-order valence-corrected chi connectivity index (χ0v) is 11.6. The lowest BCUT2D eigenvalue weighted by atomic mass is 9.86. The standard InChI is InChI=1S/C13H27N3O/c1-10-6-5-8-16(11(10)2)9-7-13(3,4)12(14)15-17/h10-11,17H,5-9H2,1-4H3,(H2,14,15). The van der Waals surface area contributed by atoms with Gasteiger partial charge in [0.2, 0.25) is 0 Å². The number of nitrogens with zero attached hydrogens (tertiary/aromatic N) is 2. The zero-order chi connectivity index (χ0) is 13.1. The lowest BCUT2D eigenvalue weighted by Crippen LogP contribution is -2.45. The highest BCUT2D eigenvalue weighted by Crippen LogP contribution is 2.26. The van der Waals surface area contributed by atoms with E-state index in [2.05, 4.69) is 23.9 Å². The molecular formula is C13H27N3O. The van der Waals surface area contributed by atoms with Crippen LogP contribution in [0.15, 0.2) is 5.16 Å². The summed E-state index contributed by atoms with van der Waals surface area (Å²) in [5.41, 5.74) is 5.48. The topological polar surface area (TPSA) is 61.8 Å². The minimum Gasteiger partial charge on any atom is -0.409 e. The molecule has 3 N–H and O–H groups in total. The molecule has 0 aromatic carbocycles. The van der Waals surface area contributed by atoms with E-state index in [1.807, 2.05) is 13.8 Å². The Morgan fingerprint density at radius 1 is 1.47 bits per heavy atom. The third-order valence-electron chi connectivity index (χ3n) is 4.33. The molecule has 1 heterocycles. The van der Waals surface area contributed by atoms with Crippen LogP contribution in [0.5, 0.6) is 0 Å². The van der Waals surface area contributed by atoms with E-state index < -0.39 is 0 Å². The van der Waals surface area contributed by atoms with E-state index in [1.165, 1.54) is 19.4 Å². The predicted octanol–water partition coefficient (Wildman–Crippen LogP) is 2.27. The molecule has 0 amide bonds.